The Hall–Kier alpha value is -1.27. The van der Waals surface area contributed by atoms with Crippen LogP contribution >= 0.6 is 0 Å². The summed E-state index contributed by atoms with van der Waals surface area (Å²) in [4.78, 5) is 1.98. The van der Waals surface area contributed by atoms with Crippen molar-refractivity contribution in [1.29, 1.82) is 0 Å². The van der Waals surface area contributed by atoms with Gasteiger partial charge >= 0.3 is 0 Å². The van der Waals surface area contributed by atoms with Crippen LogP contribution in [0.1, 0.15) is 12.8 Å². The van der Waals surface area contributed by atoms with Gasteiger partial charge in [-0.25, -0.2) is 8.42 Å². The van der Waals surface area contributed by atoms with Crippen molar-refractivity contribution in [3.8, 4) is 0 Å². The molecule has 0 saturated carbocycles. The van der Waals surface area contributed by atoms with E-state index in [2.05, 4.69) is 10.0 Å². The molecule has 0 atom stereocenters. The Balaban J connectivity index is 1.96. The molecule has 1 fully saturated rings. The number of hydrogen-bond donors (Lipinski definition) is 2. The van der Waals surface area contributed by atoms with E-state index in [1.54, 1.807) is 12.1 Å². The summed E-state index contributed by atoms with van der Waals surface area (Å²) in [5, 5.41) is 3.25. The van der Waals surface area contributed by atoms with Gasteiger partial charge in [-0.15, -0.1) is 0 Å². The third kappa shape index (κ3) is 4.38. The van der Waals surface area contributed by atoms with E-state index in [0.29, 0.717) is 5.69 Å². The van der Waals surface area contributed by atoms with Crippen molar-refractivity contribution in [3.05, 3.63) is 24.3 Å². The van der Waals surface area contributed by atoms with Crippen molar-refractivity contribution in [3.63, 3.8) is 0 Å². The molecule has 1 aromatic carbocycles. The summed E-state index contributed by atoms with van der Waals surface area (Å²) in [5.74, 6) is 0.471. The Morgan fingerprint density at radius 3 is 2.35 bits per heavy atom. The predicted octanol–water partition coefficient (Wildman–Crippen LogP) is 1.49. The zero-order valence-electron chi connectivity index (χ0n) is 12.1. The van der Waals surface area contributed by atoms with Crippen molar-refractivity contribution >= 4 is 21.4 Å². The van der Waals surface area contributed by atoms with Crippen LogP contribution in [-0.2, 0) is 10.0 Å². The largest absolute Gasteiger partial charge is 0.378 e. The van der Waals surface area contributed by atoms with Gasteiger partial charge in [0.15, 0.2) is 0 Å². The zero-order valence-corrected chi connectivity index (χ0v) is 12.9. The second kappa shape index (κ2) is 6.45. The number of nitrogens with one attached hydrogen (secondary N) is 2. The Labute approximate surface area is 121 Å². The third-order valence-corrected chi connectivity index (χ3v) is 5.03. The zero-order chi connectivity index (χ0) is 14.6. The molecule has 1 aromatic rings. The van der Waals surface area contributed by atoms with Crippen molar-refractivity contribution in [2.45, 2.75) is 12.8 Å². The molecule has 1 aliphatic heterocycles. The Bertz CT molecular complexity index is 520. The van der Waals surface area contributed by atoms with Crippen LogP contribution in [0.2, 0.25) is 0 Å². The summed E-state index contributed by atoms with van der Waals surface area (Å²) in [6, 6.07) is 7.41. The molecule has 20 heavy (non-hydrogen) atoms. The van der Waals surface area contributed by atoms with E-state index in [-0.39, 0.29) is 11.7 Å². The lowest BCUT2D eigenvalue weighted by Gasteiger charge is -2.22. The second-order valence-electron chi connectivity index (χ2n) is 5.52. The lowest BCUT2D eigenvalue weighted by Crippen LogP contribution is -2.33. The molecule has 6 heteroatoms. The fraction of sp³-hybridized carbons (Fsp3) is 0.571. The summed E-state index contributed by atoms with van der Waals surface area (Å²) in [7, 11) is 0.651. The maximum atomic E-state index is 12.1. The van der Waals surface area contributed by atoms with Crippen LogP contribution in [-0.4, -0.2) is 41.4 Å². The monoisotopic (exact) mass is 297 g/mol. The van der Waals surface area contributed by atoms with Crippen molar-refractivity contribution in [1.82, 2.24) is 5.32 Å². The van der Waals surface area contributed by atoms with Crippen molar-refractivity contribution in [2.75, 3.05) is 42.6 Å². The maximum Gasteiger partial charge on any atom is 0.232 e. The Morgan fingerprint density at radius 1 is 1.20 bits per heavy atom. The molecule has 0 aliphatic carbocycles. The summed E-state index contributed by atoms with van der Waals surface area (Å²) in [6.45, 7) is 1.83. The quantitative estimate of drug-likeness (QED) is 0.864. The minimum atomic E-state index is -3.26. The van der Waals surface area contributed by atoms with Gasteiger partial charge in [0.05, 0.1) is 5.75 Å². The first-order valence-corrected chi connectivity index (χ1v) is 8.60. The van der Waals surface area contributed by atoms with Gasteiger partial charge in [-0.05, 0) is 56.1 Å². The standard InChI is InChI=1S/C14H23N3O2S/c1-17(2)14-5-3-13(4-6-14)16-20(18,19)11-12-7-9-15-10-8-12/h3-6,12,15-16H,7-11H2,1-2H3. The van der Waals surface area contributed by atoms with Crippen LogP contribution in [0.25, 0.3) is 0 Å². The lowest BCUT2D eigenvalue weighted by atomic mass is 10.0. The number of nitrogens with zero attached hydrogens (tertiary/aromatic N) is 1. The van der Waals surface area contributed by atoms with E-state index in [9.17, 15) is 8.42 Å². The van der Waals surface area contributed by atoms with E-state index >= 15 is 0 Å². The molecule has 1 saturated heterocycles. The summed E-state index contributed by atoms with van der Waals surface area (Å²) < 4.78 is 27.0. The van der Waals surface area contributed by atoms with Crippen LogP contribution in [0.15, 0.2) is 24.3 Å². The molecule has 0 amide bonds. The topological polar surface area (TPSA) is 61.4 Å². The van der Waals surface area contributed by atoms with Gasteiger partial charge in [-0.2, -0.15) is 0 Å². The molecule has 0 bridgehead atoms. The van der Waals surface area contributed by atoms with Crippen molar-refractivity contribution < 1.29 is 8.42 Å². The fourth-order valence-corrected chi connectivity index (χ4v) is 3.94. The van der Waals surface area contributed by atoms with Gasteiger partial charge in [0.1, 0.15) is 0 Å². The van der Waals surface area contributed by atoms with E-state index < -0.39 is 10.0 Å². The molecule has 2 rings (SSSR count). The molecule has 0 radical (unpaired) electrons. The molecule has 0 spiro atoms. The SMILES string of the molecule is CN(C)c1ccc(NS(=O)(=O)CC2CCNCC2)cc1. The van der Waals surface area contributed by atoms with Crippen molar-refractivity contribution in [2.24, 2.45) is 5.92 Å². The highest BCUT2D eigenvalue weighted by Crippen LogP contribution is 2.19. The van der Waals surface area contributed by atoms with Crippen LogP contribution < -0.4 is 14.9 Å². The summed E-state index contributed by atoms with van der Waals surface area (Å²) >= 11 is 0. The molecular weight excluding hydrogens is 274 g/mol. The van der Waals surface area contributed by atoms with E-state index in [4.69, 9.17) is 0 Å². The normalized spacial score (nSPS) is 16.9. The van der Waals surface area contributed by atoms with Gasteiger partial charge in [-0.1, -0.05) is 0 Å². The first-order valence-electron chi connectivity index (χ1n) is 6.95. The molecule has 1 aliphatic rings. The molecule has 2 N–H and O–H groups in total. The van der Waals surface area contributed by atoms with Crippen LogP contribution in [0.4, 0.5) is 11.4 Å². The van der Waals surface area contributed by atoms with Gasteiger partial charge < -0.3 is 10.2 Å². The number of rotatable bonds is 5. The van der Waals surface area contributed by atoms with Crippen LogP contribution in [0.5, 0.6) is 0 Å². The van der Waals surface area contributed by atoms with Crippen LogP contribution in [0.3, 0.4) is 0 Å². The molecule has 5 nitrogen and oxygen atoms in total. The molecular formula is C14H23N3O2S. The highest BCUT2D eigenvalue weighted by atomic mass is 32.2. The average Bonchev–Trinajstić information content (AvgIpc) is 2.39. The first kappa shape index (κ1) is 15.1. The Kier molecular flexibility index (Phi) is 4.88. The number of benzene rings is 1. The van der Waals surface area contributed by atoms with Gasteiger partial charge in [0, 0.05) is 25.5 Å². The number of piperidine rings is 1. The molecule has 0 aromatic heterocycles. The van der Waals surface area contributed by atoms with Gasteiger partial charge in [-0.3, -0.25) is 4.72 Å². The number of anilines is 2. The average molecular weight is 297 g/mol. The lowest BCUT2D eigenvalue weighted by molar-refractivity contribution is 0.402. The van der Waals surface area contributed by atoms with E-state index in [1.165, 1.54) is 0 Å². The molecule has 112 valence electrons. The minimum absolute atomic E-state index is 0.212. The molecule has 1 heterocycles. The van der Waals surface area contributed by atoms with Gasteiger partial charge in [0.25, 0.3) is 0 Å². The second-order valence-corrected chi connectivity index (χ2v) is 7.29. The first-order chi connectivity index (χ1) is 9.46. The molecule has 0 unspecified atom stereocenters. The highest BCUT2D eigenvalue weighted by molar-refractivity contribution is 7.92. The Morgan fingerprint density at radius 2 is 1.80 bits per heavy atom. The summed E-state index contributed by atoms with van der Waals surface area (Å²) in [5.41, 5.74) is 1.68. The number of sulfonamides is 1. The van der Waals surface area contributed by atoms with E-state index in [1.807, 2.05) is 31.1 Å². The smallest absolute Gasteiger partial charge is 0.232 e. The maximum absolute atomic E-state index is 12.1. The predicted molar refractivity (Wildman–Crippen MR) is 83.8 cm³/mol. The van der Waals surface area contributed by atoms with E-state index in [0.717, 1.165) is 31.6 Å². The number of hydrogen-bond acceptors (Lipinski definition) is 4. The van der Waals surface area contributed by atoms with Gasteiger partial charge in [0.2, 0.25) is 10.0 Å². The third-order valence-electron chi connectivity index (χ3n) is 3.57. The minimum Gasteiger partial charge on any atom is -0.378 e. The van der Waals surface area contributed by atoms with Crippen LogP contribution in [0, 0.1) is 5.92 Å². The summed E-state index contributed by atoms with van der Waals surface area (Å²) in [6.07, 6.45) is 1.86. The highest BCUT2D eigenvalue weighted by Gasteiger charge is 2.21. The fourth-order valence-electron chi connectivity index (χ4n) is 2.41.